The lowest BCUT2D eigenvalue weighted by atomic mass is 10.0. The molecule has 0 spiro atoms. The molecule has 0 saturated heterocycles. The number of carboxylic acids is 2. The molecule has 0 heterocycles. The van der Waals surface area contributed by atoms with Crippen molar-refractivity contribution in [2.45, 2.75) is 5.67 Å². The predicted octanol–water partition coefficient (Wildman–Crippen LogP) is -0.535. The zero-order valence-corrected chi connectivity index (χ0v) is 8.11. The van der Waals surface area contributed by atoms with Crippen LogP contribution in [0, 0.1) is 0 Å². The Kier molecular flexibility index (Phi) is 4.94. The molecule has 4 nitrogen and oxygen atoms in total. The van der Waals surface area contributed by atoms with Gasteiger partial charge in [-0.3, -0.25) is 0 Å². The summed E-state index contributed by atoms with van der Waals surface area (Å²) in [6.45, 7) is -2.25. The minimum Gasteiger partial charge on any atom is -0.546 e. The Morgan fingerprint density at radius 3 is 1.61 bits per heavy atom. The van der Waals surface area contributed by atoms with Crippen molar-refractivity contribution in [3.63, 3.8) is 0 Å². The van der Waals surface area contributed by atoms with Crippen LogP contribution in [0.1, 0.15) is 0 Å². The van der Waals surface area contributed by atoms with E-state index in [-0.39, 0.29) is 0 Å². The number of rotatable bonds is 5. The van der Waals surface area contributed by atoms with Crippen LogP contribution in [0.25, 0.3) is 0 Å². The van der Waals surface area contributed by atoms with E-state index in [1.165, 1.54) is 0 Å². The molecule has 0 saturated carbocycles. The fraction of sp³-hybridized carbons (Fsp3) is 0.250. The van der Waals surface area contributed by atoms with E-state index in [0.29, 0.717) is 0 Å². The second kappa shape index (κ2) is 5.56. The van der Waals surface area contributed by atoms with E-state index in [9.17, 15) is 46.1 Å². The van der Waals surface area contributed by atoms with Gasteiger partial charge in [0.25, 0.3) is 0 Å². The summed E-state index contributed by atoms with van der Waals surface area (Å²) in [5.41, 5.74) is -5.17. The number of halogens is 6. The Labute approximate surface area is 94.8 Å². The number of hydrogen-bond acceptors (Lipinski definition) is 4. The molecule has 0 aromatic rings. The summed E-state index contributed by atoms with van der Waals surface area (Å²) >= 11 is 0. The third-order valence-corrected chi connectivity index (χ3v) is 1.61. The molecule has 102 valence electrons. The van der Waals surface area contributed by atoms with Gasteiger partial charge >= 0.3 is 0 Å². The molecule has 0 fully saturated rings. The highest BCUT2D eigenvalue weighted by Gasteiger charge is 2.43. The van der Waals surface area contributed by atoms with Crippen LogP contribution in [0.3, 0.4) is 0 Å². The van der Waals surface area contributed by atoms with Crippen LogP contribution in [0.4, 0.5) is 26.3 Å². The first-order valence-electron chi connectivity index (χ1n) is 3.88. The second-order valence-electron chi connectivity index (χ2n) is 2.71. The number of hydrogen-bond donors (Lipinski definition) is 0. The monoisotopic (exact) mass is 276 g/mol. The first-order chi connectivity index (χ1) is 8.10. The Morgan fingerprint density at radius 1 is 0.944 bits per heavy atom. The van der Waals surface area contributed by atoms with E-state index in [1.807, 2.05) is 0 Å². The van der Waals surface area contributed by atoms with Gasteiger partial charge in [-0.1, -0.05) is 0 Å². The molecular weight excluding hydrogens is 274 g/mol. The molecule has 0 aliphatic carbocycles. The zero-order valence-electron chi connectivity index (χ0n) is 8.11. The van der Waals surface area contributed by atoms with Gasteiger partial charge in [-0.05, 0) is 0 Å². The first-order valence-corrected chi connectivity index (χ1v) is 3.88. The van der Waals surface area contributed by atoms with Crippen LogP contribution < -0.4 is 10.2 Å². The summed E-state index contributed by atoms with van der Waals surface area (Å²) in [5.74, 6) is -18.6. The summed E-state index contributed by atoms with van der Waals surface area (Å²) in [5, 5.41) is 20.0. The van der Waals surface area contributed by atoms with Crippen molar-refractivity contribution < 1.29 is 46.1 Å². The molecule has 10 heteroatoms. The molecule has 0 aromatic heterocycles. The standard InChI is InChI=1S/C8H4F6O4/c9-1-2(10)3(11)4(12)5(13)8(14,6(15)16)7(17)18/h1H2,(H,15,16)(H,17,18)/p-2/b3-2+,5-4+. The Hall–Kier alpha value is -2.00. The van der Waals surface area contributed by atoms with Crippen molar-refractivity contribution in [2.75, 3.05) is 6.67 Å². The molecule has 0 aromatic carbocycles. The van der Waals surface area contributed by atoms with Crippen LogP contribution >= 0.6 is 0 Å². The molecule has 0 rings (SSSR count). The minimum atomic E-state index is -5.17. The van der Waals surface area contributed by atoms with Crippen molar-refractivity contribution in [1.82, 2.24) is 0 Å². The average molecular weight is 276 g/mol. The van der Waals surface area contributed by atoms with Gasteiger partial charge in [0.15, 0.2) is 23.3 Å². The third-order valence-electron chi connectivity index (χ3n) is 1.61. The molecule has 0 aliphatic heterocycles. The Bertz CT molecular complexity index is 427. The van der Waals surface area contributed by atoms with Crippen LogP contribution in [0.2, 0.25) is 0 Å². The maximum atomic E-state index is 13.0. The number of carboxylic acid groups (broad SMARTS) is 2. The molecule has 0 bridgehead atoms. The average Bonchev–Trinajstić information content (AvgIpc) is 2.33. The minimum absolute atomic E-state index is 2.25. The van der Waals surface area contributed by atoms with E-state index in [4.69, 9.17) is 0 Å². The molecule has 0 radical (unpaired) electrons. The fourth-order valence-corrected chi connectivity index (χ4v) is 0.688. The number of allylic oxidation sites excluding steroid dienone is 3. The van der Waals surface area contributed by atoms with E-state index in [0.717, 1.165) is 0 Å². The van der Waals surface area contributed by atoms with Crippen LogP contribution in [0.5, 0.6) is 0 Å². The lowest BCUT2D eigenvalue weighted by molar-refractivity contribution is -0.341. The predicted molar refractivity (Wildman–Crippen MR) is 38.3 cm³/mol. The van der Waals surface area contributed by atoms with Crippen molar-refractivity contribution >= 4 is 11.9 Å². The van der Waals surface area contributed by atoms with Crippen molar-refractivity contribution in [3.8, 4) is 0 Å². The molecule has 18 heavy (non-hydrogen) atoms. The smallest absolute Gasteiger partial charge is 0.243 e. The number of alkyl halides is 2. The van der Waals surface area contributed by atoms with Crippen LogP contribution in [0.15, 0.2) is 23.3 Å². The van der Waals surface area contributed by atoms with Crippen molar-refractivity contribution in [3.05, 3.63) is 23.3 Å². The van der Waals surface area contributed by atoms with Crippen molar-refractivity contribution in [1.29, 1.82) is 0 Å². The van der Waals surface area contributed by atoms with Gasteiger partial charge in [-0.25, -0.2) is 26.3 Å². The Morgan fingerprint density at radius 2 is 1.33 bits per heavy atom. The number of aliphatic carboxylic acids is 2. The molecular formula is C8H2F6O4-2. The molecule has 0 atom stereocenters. The van der Waals surface area contributed by atoms with Crippen LogP contribution in [-0.4, -0.2) is 24.3 Å². The summed E-state index contributed by atoms with van der Waals surface area (Å²) in [6, 6.07) is 0. The molecule has 0 aliphatic rings. The highest BCUT2D eigenvalue weighted by Crippen LogP contribution is 2.32. The van der Waals surface area contributed by atoms with Gasteiger partial charge in [-0.15, -0.1) is 0 Å². The van der Waals surface area contributed by atoms with Gasteiger partial charge in [0.05, 0.1) is 11.9 Å². The third kappa shape index (κ3) is 2.63. The SMILES string of the molecule is O=C([O-])C(F)(C(=O)[O-])/C(F)=C(F)/C(F)=C(\F)CF. The van der Waals surface area contributed by atoms with Crippen molar-refractivity contribution in [2.24, 2.45) is 0 Å². The van der Waals surface area contributed by atoms with E-state index in [2.05, 4.69) is 0 Å². The molecule has 0 N–H and O–H groups in total. The maximum Gasteiger partial charge on any atom is 0.243 e. The lowest BCUT2D eigenvalue weighted by Gasteiger charge is -2.25. The van der Waals surface area contributed by atoms with Gasteiger partial charge < -0.3 is 19.8 Å². The van der Waals surface area contributed by atoms with Gasteiger partial charge in [0, 0.05) is 0 Å². The summed E-state index contributed by atoms with van der Waals surface area (Å²) in [6.07, 6.45) is 0. The highest BCUT2D eigenvalue weighted by molar-refractivity contribution is 6.03. The number of carbonyl (C=O) groups is 2. The second-order valence-corrected chi connectivity index (χ2v) is 2.71. The zero-order chi connectivity index (χ0) is 14.7. The maximum absolute atomic E-state index is 13.0. The van der Waals surface area contributed by atoms with Gasteiger partial charge in [-0.2, -0.15) is 0 Å². The summed E-state index contributed by atoms with van der Waals surface area (Å²) in [7, 11) is 0. The first kappa shape index (κ1) is 16.0. The molecule has 0 unspecified atom stereocenters. The fourth-order valence-electron chi connectivity index (χ4n) is 0.688. The van der Waals surface area contributed by atoms with E-state index >= 15 is 0 Å². The van der Waals surface area contributed by atoms with E-state index in [1.54, 1.807) is 0 Å². The van der Waals surface area contributed by atoms with E-state index < -0.39 is 47.6 Å². The topological polar surface area (TPSA) is 80.3 Å². The number of carbonyl (C=O) groups excluding carboxylic acids is 2. The molecule has 0 amide bonds. The summed E-state index contributed by atoms with van der Waals surface area (Å²) in [4.78, 5) is 20.0. The quantitative estimate of drug-likeness (QED) is 0.384. The van der Waals surface area contributed by atoms with Gasteiger partial charge in [0.2, 0.25) is 5.67 Å². The Balaban J connectivity index is 5.95. The normalized spacial score (nSPS) is 14.8. The lowest BCUT2D eigenvalue weighted by Crippen LogP contribution is -2.57. The van der Waals surface area contributed by atoms with Crippen LogP contribution in [-0.2, 0) is 9.59 Å². The van der Waals surface area contributed by atoms with Gasteiger partial charge in [0.1, 0.15) is 6.67 Å². The largest absolute Gasteiger partial charge is 0.546 e. The summed E-state index contributed by atoms with van der Waals surface area (Å²) < 4.78 is 74.7. The highest BCUT2D eigenvalue weighted by atomic mass is 19.2.